The van der Waals surface area contributed by atoms with Gasteiger partial charge in [0, 0.05) is 6.04 Å². The standard InChI is InChI=1S/C8H14N2O2/c1-5(9)8(10)7-3-2-6(4-11)12-7/h2-3,5,8,11H,4,9-10H2,1H3/t5-,8+/m0/s1. The lowest BCUT2D eigenvalue weighted by Gasteiger charge is -2.11. The molecule has 0 spiro atoms. The molecule has 0 aromatic carbocycles. The predicted molar refractivity (Wildman–Crippen MR) is 45.2 cm³/mol. The Bertz CT molecular complexity index is 245. The van der Waals surface area contributed by atoms with Crippen LogP contribution in [0.25, 0.3) is 0 Å². The minimum absolute atomic E-state index is 0.105. The predicted octanol–water partition coefficient (Wildman–Crippen LogP) is 0.119. The summed E-state index contributed by atoms with van der Waals surface area (Å²) in [5.74, 6) is 1.13. The largest absolute Gasteiger partial charge is 0.462 e. The summed E-state index contributed by atoms with van der Waals surface area (Å²) in [4.78, 5) is 0. The van der Waals surface area contributed by atoms with Crippen LogP contribution in [0.4, 0.5) is 0 Å². The maximum absolute atomic E-state index is 8.71. The second-order valence-electron chi connectivity index (χ2n) is 2.85. The van der Waals surface area contributed by atoms with E-state index in [1.807, 2.05) is 6.92 Å². The van der Waals surface area contributed by atoms with Crippen LogP contribution >= 0.6 is 0 Å². The van der Waals surface area contributed by atoms with E-state index < -0.39 is 0 Å². The van der Waals surface area contributed by atoms with Gasteiger partial charge in [-0.1, -0.05) is 0 Å². The normalized spacial score (nSPS) is 16.0. The van der Waals surface area contributed by atoms with Gasteiger partial charge in [0.05, 0.1) is 6.04 Å². The van der Waals surface area contributed by atoms with Crippen molar-refractivity contribution in [2.75, 3.05) is 0 Å². The van der Waals surface area contributed by atoms with Crippen molar-refractivity contribution in [3.8, 4) is 0 Å². The summed E-state index contributed by atoms with van der Waals surface area (Å²) >= 11 is 0. The summed E-state index contributed by atoms with van der Waals surface area (Å²) in [6.07, 6.45) is 0. The molecule has 0 saturated heterocycles. The first-order valence-corrected chi connectivity index (χ1v) is 3.85. The van der Waals surface area contributed by atoms with Gasteiger partial charge in [0.2, 0.25) is 0 Å². The van der Waals surface area contributed by atoms with E-state index >= 15 is 0 Å². The van der Waals surface area contributed by atoms with Crippen LogP contribution < -0.4 is 11.5 Å². The van der Waals surface area contributed by atoms with Crippen LogP contribution in [0.15, 0.2) is 16.5 Å². The zero-order valence-corrected chi connectivity index (χ0v) is 7.03. The van der Waals surface area contributed by atoms with E-state index in [4.69, 9.17) is 21.0 Å². The zero-order valence-electron chi connectivity index (χ0n) is 7.03. The molecule has 0 amide bonds. The quantitative estimate of drug-likeness (QED) is 0.601. The summed E-state index contributed by atoms with van der Waals surface area (Å²) in [6.45, 7) is 1.71. The number of aliphatic hydroxyl groups excluding tert-OH is 1. The zero-order chi connectivity index (χ0) is 9.14. The van der Waals surface area contributed by atoms with Crippen molar-refractivity contribution in [2.24, 2.45) is 11.5 Å². The van der Waals surface area contributed by atoms with Crippen molar-refractivity contribution < 1.29 is 9.52 Å². The third-order valence-electron chi connectivity index (χ3n) is 1.73. The molecule has 2 atom stereocenters. The monoisotopic (exact) mass is 170 g/mol. The highest BCUT2D eigenvalue weighted by Crippen LogP contribution is 2.16. The first kappa shape index (κ1) is 9.25. The Balaban J connectivity index is 2.74. The fourth-order valence-electron chi connectivity index (χ4n) is 0.918. The van der Waals surface area contributed by atoms with Gasteiger partial charge < -0.3 is 21.0 Å². The highest BCUT2D eigenvalue weighted by molar-refractivity contribution is 5.11. The van der Waals surface area contributed by atoms with E-state index in [0.29, 0.717) is 11.5 Å². The van der Waals surface area contributed by atoms with Crippen molar-refractivity contribution in [1.29, 1.82) is 0 Å². The van der Waals surface area contributed by atoms with Crippen molar-refractivity contribution >= 4 is 0 Å². The highest BCUT2D eigenvalue weighted by Gasteiger charge is 2.14. The van der Waals surface area contributed by atoms with Gasteiger partial charge in [-0.15, -0.1) is 0 Å². The average Bonchev–Trinajstić information content (AvgIpc) is 2.50. The molecular formula is C8H14N2O2. The summed E-state index contributed by atoms with van der Waals surface area (Å²) in [5.41, 5.74) is 11.3. The Morgan fingerprint density at radius 2 is 2.17 bits per heavy atom. The molecule has 12 heavy (non-hydrogen) atoms. The summed E-state index contributed by atoms with van der Waals surface area (Å²) in [6, 6.07) is 2.98. The van der Waals surface area contributed by atoms with Gasteiger partial charge in [-0.2, -0.15) is 0 Å². The van der Waals surface area contributed by atoms with E-state index in [-0.39, 0.29) is 18.7 Å². The fraction of sp³-hybridized carbons (Fsp3) is 0.500. The summed E-state index contributed by atoms with van der Waals surface area (Å²) in [5, 5.41) is 8.71. The highest BCUT2D eigenvalue weighted by atomic mass is 16.4. The van der Waals surface area contributed by atoms with Crippen LogP contribution in [0.3, 0.4) is 0 Å². The molecule has 0 fully saturated rings. The molecule has 0 aliphatic carbocycles. The first-order chi connectivity index (χ1) is 5.65. The van der Waals surface area contributed by atoms with Crippen LogP contribution in [0.2, 0.25) is 0 Å². The van der Waals surface area contributed by atoms with E-state index in [1.165, 1.54) is 0 Å². The molecule has 4 nitrogen and oxygen atoms in total. The van der Waals surface area contributed by atoms with Crippen molar-refractivity contribution in [3.63, 3.8) is 0 Å². The van der Waals surface area contributed by atoms with Gasteiger partial charge in [-0.3, -0.25) is 0 Å². The molecular weight excluding hydrogens is 156 g/mol. The number of hydrogen-bond donors (Lipinski definition) is 3. The molecule has 0 bridgehead atoms. The lowest BCUT2D eigenvalue weighted by Crippen LogP contribution is -2.30. The van der Waals surface area contributed by atoms with Gasteiger partial charge in [0.25, 0.3) is 0 Å². The Morgan fingerprint density at radius 1 is 1.50 bits per heavy atom. The molecule has 0 saturated carbocycles. The SMILES string of the molecule is C[C@H](N)[C@@H](N)c1ccc(CO)o1. The molecule has 0 aliphatic rings. The Hall–Kier alpha value is -0.840. The second kappa shape index (κ2) is 3.71. The van der Waals surface area contributed by atoms with Crippen LogP contribution in [0.5, 0.6) is 0 Å². The number of aliphatic hydroxyl groups is 1. The minimum atomic E-state index is -0.301. The van der Waals surface area contributed by atoms with Crippen LogP contribution in [0.1, 0.15) is 24.5 Å². The number of hydrogen-bond acceptors (Lipinski definition) is 4. The third-order valence-corrected chi connectivity index (χ3v) is 1.73. The summed E-state index contributed by atoms with van der Waals surface area (Å²) < 4.78 is 5.20. The molecule has 0 unspecified atom stereocenters. The minimum Gasteiger partial charge on any atom is -0.462 e. The number of furan rings is 1. The Labute approximate surface area is 71.2 Å². The van der Waals surface area contributed by atoms with Crippen LogP contribution in [0, 0.1) is 0 Å². The van der Waals surface area contributed by atoms with Crippen molar-refractivity contribution in [3.05, 3.63) is 23.7 Å². The lowest BCUT2D eigenvalue weighted by atomic mass is 10.1. The van der Waals surface area contributed by atoms with E-state index in [9.17, 15) is 0 Å². The molecule has 1 rings (SSSR count). The van der Waals surface area contributed by atoms with Gasteiger partial charge in [-0.25, -0.2) is 0 Å². The van der Waals surface area contributed by atoms with E-state index in [0.717, 1.165) is 0 Å². The number of nitrogens with two attached hydrogens (primary N) is 2. The first-order valence-electron chi connectivity index (χ1n) is 3.85. The molecule has 4 heteroatoms. The van der Waals surface area contributed by atoms with Gasteiger partial charge in [0.15, 0.2) is 0 Å². The van der Waals surface area contributed by atoms with Gasteiger partial charge in [-0.05, 0) is 19.1 Å². The molecule has 5 N–H and O–H groups in total. The van der Waals surface area contributed by atoms with Crippen molar-refractivity contribution in [1.82, 2.24) is 0 Å². The second-order valence-corrected chi connectivity index (χ2v) is 2.85. The lowest BCUT2D eigenvalue weighted by molar-refractivity contribution is 0.240. The third kappa shape index (κ3) is 1.85. The Morgan fingerprint density at radius 3 is 2.58 bits per heavy atom. The smallest absolute Gasteiger partial charge is 0.129 e. The van der Waals surface area contributed by atoms with Gasteiger partial charge >= 0.3 is 0 Å². The summed E-state index contributed by atoms with van der Waals surface area (Å²) in [7, 11) is 0. The van der Waals surface area contributed by atoms with E-state index in [1.54, 1.807) is 12.1 Å². The average molecular weight is 170 g/mol. The van der Waals surface area contributed by atoms with E-state index in [2.05, 4.69) is 0 Å². The molecule has 1 heterocycles. The molecule has 1 aromatic rings. The molecule has 0 radical (unpaired) electrons. The number of rotatable bonds is 3. The topological polar surface area (TPSA) is 85.4 Å². The molecule has 0 aliphatic heterocycles. The molecule has 68 valence electrons. The van der Waals surface area contributed by atoms with Gasteiger partial charge in [0.1, 0.15) is 18.1 Å². The van der Waals surface area contributed by atoms with Crippen LogP contribution in [-0.4, -0.2) is 11.1 Å². The maximum atomic E-state index is 8.71. The van der Waals surface area contributed by atoms with Crippen molar-refractivity contribution in [2.45, 2.75) is 25.6 Å². The Kier molecular flexibility index (Phi) is 2.86. The van der Waals surface area contributed by atoms with Crippen LogP contribution in [-0.2, 0) is 6.61 Å². The molecule has 1 aromatic heterocycles. The fourth-order valence-corrected chi connectivity index (χ4v) is 0.918. The maximum Gasteiger partial charge on any atom is 0.129 e.